The van der Waals surface area contributed by atoms with E-state index in [0.29, 0.717) is 30.6 Å². The topological polar surface area (TPSA) is 53.6 Å². The lowest BCUT2D eigenvalue weighted by molar-refractivity contribution is 0.0514. The molecule has 2 N–H and O–H groups in total. The Kier molecular flexibility index (Phi) is 7.56. The van der Waals surface area contributed by atoms with E-state index in [0.717, 1.165) is 0 Å². The van der Waals surface area contributed by atoms with Crippen LogP contribution in [0.3, 0.4) is 0 Å². The summed E-state index contributed by atoms with van der Waals surface area (Å²) < 4.78 is 5.40. The van der Waals surface area contributed by atoms with Crippen LogP contribution in [0, 0.1) is 5.92 Å². The number of amides is 1. The molecular formula is C20H39N3O2. The van der Waals surface area contributed by atoms with Crippen LogP contribution in [0.15, 0.2) is 0 Å². The molecule has 146 valence electrons. The predicted octanol–water partition coefficient (Wildman–Crippen LogP) is 3.53. The standard InChI is InChI=1S/C20H39N3O2/c1-15(2)23-12-10-17(11-13-23)22-18(16-8-6-7-9-16)14-21-19(24)25-20(3,4)5/h15-18,22H,6-14H2,1-5H3,(H,21,24). The molecule has 0 radical (unpaired) electrons. The third-order valence-electron chi connectivity index (χ3n) is 5.54. The molecule has 2 fully saturated rings. The Bertz CT molecular complexity index is 406. The molecule has 1 saturated carbocycles. The van der Waals surface area contributed by atoms with Crippen LogP contribution in [-0.4, -0.2) is 54.4 Å². The number of piperidine rings is 1. The zero-order valence-electron chi connectivity index (χ0n) is 16.9. The molecule has 1 unspecified atom stereocenters. The molecule has 1 aliphatic carbocycles. The maximum absolute atomic E-state index is 12.0. The van der Waals surface area contributed by atoms with E-state index in [4.69, 9.17) is 4.74 Å². The number of nitrogens with zero attached hydrogens (tertiary/aromatic N) is 1. The Morgan fingerprint density at radius 3 is 2.24 bits per heavy atom. The van der Waals surface area contributed by atoms with Gasteiger partial charge in [0.15, 0.2) is 0 Å². The summed E-state index contributed by atoms with van der Waals surface area (Å²) in [7, 11) is 0. The van der Waals surface area contributed by atoms with Crippen LogP contribution in [0.4, 0.5) is 4.79 Å². The second-order valence-electron chi connectivity index (χ2n) is 9.10. The largest absolute Gasteiger partial charge is 0.444 e. The molecule has 2 aliphatic rings. The minimum atomic E-state index is -0.440. The molecule has 2 rings (SSSR count). The molecule has 0 aromatic carbocycles. The first-order valence-electron chi connectivity index (χ1n) is 10.2. The quantitative estimate of drug-likeness (QED) is 0.767. The monoisotopic (exact) mass is 353 g/mol. The van der Waals surface area contributed by atoms with Crippen molar-refractivity contribution in [2.75, 3.05) is 19.6 Å². The van der Waals surface area contributed by atoms with Crippen LogP contribution < -0.4 is 10.6 Å². The number of nitrogens with one attached hydrogen (secondary N) is 2. The Balaban J connectivity index is 1.83. The van der Waals surface area contributed by atoms with Gasteiger partial charge in [-0.1, -0.05) is 12.8 Å². The van der Waals surface area contributed by atoms with Crippen LogP contribution in [-0.2, 0) is 4.74 Å². The van der Waals surface area contributed by atoms with Crippen molar-refractivity contribution >= 4 is 6.09 Å². The molecule has 1 aliphatic heterocycles. The first-order valence-corrected chi connectivity index (χ1v) is 10.2. The minimum Gasteiger partial charge on any atom is -0.444 e. The maximum Gasteiger partial charge on any atom is 0.407 e. The van der Waals surface area contributed by atoms with Crippen molar-refractivity contribution in [3.8, 4) is 0 Å². The number of carbonyl (C=O) groups excluding carboxylic acids is 1. The van der Waals surface area contributed by atoms with Gasteiger partial charge < -0.3 is 20.3 Å². The fourth-order valence-electron chi connectivity index (χ4n) is 4.11. The van der Waals surface area contributed by atoms with Gasteiger partial charge >= 0.3 is 6.09 Å². The Morgan fingerprint density at radius 2 is 1.72 bits per heavy atom. The Morgan fingerprint density at radius 1 is 1.12 bits per heavy atom. The molecule has 5 nitrogen and oxygen atoms in total. The van der Waals surface area contributed by atoms with Crippen LogP contribution in [0.5, 0.6) is 0 Å². The van der Waals surface area contributed by atoms with Gasteiger partial charge in [0.2, 0.25) is 0 Å². The molecule has 5 heteroatoms. The summed E-state index contributed by atoms with van der Waals surface area (Å²) in [5.74, 6) is 0.679. The molecule has 0 bridgehead atoms. The molecule has 25 heavy (non-hydrogen) atoms. The first kappa shape index (κ1) is 20.5. The van der Waals surface area contributed by atoms with Crippen molar-refractivity contribution in [3.63, 3.8) is 0 Å². The number of ether oxygens (including phenoxy) is 1. The van der Waals surface area contributed by atoms with Gasteiger partial charge in [0.25, 0.3) is 0 Å². The summed E-state index contributed by atoms with van der Waals surface area (Å²) in [6.45, 7) is 13.3. The number of hydrogen-bond acceptors (Lipinski definition) is 4. The van der Waals surface area contributed by atoms with E-state index in [9.17, 15) is 4.79 Å². The van der Waals surface area contributed by atoms with Gasteiger partial charge in [0.1, 0.15) is 5.60 Å². The molecule has 1 saturated heterocycles. The van der Waals surface area contributed by atoms with Crippen molar-refractivity contribution in [3.05, 3.63) is 0 Å². The number of alkyl carbamates (subject to hydrolysis) is 1. The smallest absolute Gasteiger partial charge is 0.407 e. The van der Waals surface area contributed by atoms with Crippen molar-refractivity contribution in [1.29, 1.82) is 0 Å². The average Bonchev–Trinajstić information content (AvgIpc) is 3.04. The fraction of sp³-hybridized carbons (Fsp3) is 0.950. The average molecular weight is 354 g/mol. The lowest BCUT2D eigenvalue weighted by atomic mass is 9.95. The number of hydrogen-bond donors (Lipinski definition) is 2. The van der Waals surface area contributed by atoms with E-state index in [1.165, 1.54) is 51.6 Å². The third-order valence-corrected chi connectivity index (χ3v) is 5.54. The fourth-order valence-corrected chi connectivity index (χ4v) is 4.11. The van der Waals surface area contributed by atoms with Crippen molar-refractivity contribution in [1.82, 2.24) is 15.5 Å². The number of rotatable bonds is 6. The van der Waals surface area contributed by atoms with Gasteiger partial charge in [-0.25, -0.2) is 4.79 Å². The molecule has 0 spiro atoms. The number of carbonyl (C=O) groups is 1. The van der Waals surface area contributed by atoms with Gasteiger partial charge in [0.05, 0.1) is 0 Å². The van der Waals surface area contributed by atoms with Crippen LogP contribution in [0.25, 0.3) is 0 Å². The van der Waals surface area contributed by atoms with Crippen molar-refractivity contribution in [2.45, 2.75) is 96.9 Å². The van der Waals surface area contributed by atoms with Gasteiger partial charge in [-0.05, 0) is 79.3 Å². The molecule has 0 aromatic rings. The van der Waals surface area contributed by atoms with Gasteiger partial charge in [-0.2, -0.15) is 0 Å². The first-order chi connectivity index (χ1) is 11.7. The second-order valence-corrected chi connectivity index (χ2v) is 9.10. The van der Waals surface area contributed by atoms with Gasteiger partial charge in [0, 0.05) is 24.7 Å². The molecule has 1 heterocycles. The Hall–Kier alpha value is -0.810. The van der Waals surface area contributed by atoms with Gasteiger partial charge in [-0.15, -0.1) is 0 Å². The van der Waals surface area contributed by atoms with Crippen molar-refractivity contribution < 1.29 is 9.53 Å². The van der Waals surface area contributed by atoms with E-state index in [1.54, 1.807) is 0 Å². The minimum absolute atomic E-state index is 0.299. The third kappa shape index (κ3) is 7.14. The summed E-state index contributed by atoms with van der Waals surface area (Å²) in [5, 5.41) is 6.88. The highest BCUT2D eigenvalue weighted by atomic mass is 16.6. The molecule has 1 amide bonds. The van der Waals surface area contributed by atoms with E-state index in [1.807, 2.05) is 20.8 Å². The summed E-state index contributed by atoms with van der Waals surface area (Å²) in [6.07, 6.45) is 7.30. The summed E-state index contributed by atoms with van der Waals surface area (Å²) in [6, 6.07) is 1.58. The van der Waals surface area contributed by atoms with Crippen LogP contribution in [0.1, 0.15) is 73.1 Å². The molecular weight excluding hydrogens is 314 g/mol. The second kappa shape index (κ2) is 9.22. The van der Waals surface area contributed by atoms with Crippen molar-refractivity contribution in [2.24, 2.45) is 5.92 Å². The maximum atomic E-state index is 12.0. The zero-order chi connectivity index (χ0) is 18.4. The highest BCUT2D eigenvalue weighted by Crippen LogP contribution is 2.28. The molecule has 0 aromatic heterocycles. The Labute approximate surface area is 154 Å². The zero-order valence-corrected chi connectivity index (χ0v) is 16.9. The van der Waals surface area contributed by atoms with E-state index >= 15 is 0 Å². The summed E-state index contributed by atoms with van der Waals surface area (Å²) >= 11 is 0. The SMILES string of the molecule is CC(C)N1CCC(NC(CNC(=O)OC(C)(C)C)C2CCCC2)CC1. The van der Waals surface area contributed by atoms with Crippen LogP contribution in [0.2, 0.25) is 0 Å². The van der Waals surface area contributed by atoms with Gasteiger partial charge in [-0.3, -0.25) is 0 Å². The summed E-state index contributed by atoms with van der Waals surface area (Å²) in [4.78, 5) is 14.6. The highest BCUT2D eigenvalue weighted by Gasteiger charge is 2.29. The van der Waals surface area contributed by atoms with Crippen LogP contribution >= 0.6 is 0 Å². The summed E-state index contributed by atoms with van der Waals surface area (Å²) in [5.41, 5.74) is -0.440. The normalized spacial score (nSPS) is 22.3. The highest BCUT2D eigenvalue weighted by molar-refractivity contribution is 5.67. The molecule has 1 atom stereocenters. The lowest BCUT2D eigenvalue weighted by Gasteiger charge is -2.38. The predicted molar refractivity (Wildman–Crippen MR) is 103 cm³/mol. The van der Waals surface area contributed by atoms with E-state index in [-0.39, 0.29) is 6.09 Å². The van der Waals surface area contributed by atoms with E-state index in [2.05, 4.69) is 29.4 Å². The number of likely N-dealkylation sites (tertiary alicyclic amines) is 1. The lowest BCUT2D eigenvalue weighted by Crippen LogP contribution is -2.53. The van der Waals surface area contributed by atoms with E-state index < -0.39 is 5.60 Å².